The van der Waals surface area contributed by atoms with Crippen LogP contribution in [0.3, 0.4) is 0 Å². The van der Waals surface area contributed by atoms with Crippen LogP contribution in [-0.4, -0.2) is 23.0 Å². The molecular weight excluding hydrogens is 244 g/mol. The molecule has 0 amide bonds. The Labute approximate surface area is 120 Å². The monoisotopic (exact) mass is 266 g/mol. The Morgan fingerprint density at radius 1 is 1.15 bits per heavy atom. The van der Waals surface area contributed by atoms with Gasteiger partial charge in [0.25, 0.3) is 0 Å². The lowest BCUT2D eigenvalue weighted by atomic mass is 9.68. The van der Waals surface area contributed by atoms with Crippen molar-refractivity contribution in [3.05, 3.63) is 41.7 Å². The molecule has 2 nitrogen and oxygen atoms in total. The van der Waals surface area contributed by atoms with Crippen LogP contribution < -0.4 is 0 Å². The zero-order valence-electron chi connectivity index (χ0n) is 12.2. The van der Waals surface area contributed by atoms with E-state index in [9.17, 15) is 0 Å². The van der Waals surface area contributed by atoms with Gasteiger partial charge in [-0.3, -0.25) is 9.88 Å². The lowest BCUT2D eigenvalue weighted by molar-refractivity contribution is 0.137. The topological polar surface area (TPSA) is 16.1 Å². The van der Waals surface area contributed by atoms with Gasteiger partial charge in [0.15, 0.2) is 0 Å². The first-order valence-electron chi connectivity index (χ1n) is 7.81. The van der Waals surface area contributed by atoms with Gasteiger partial charge >= 0.3 is 0 Å². The van der Waals surface area contributed by atoms with Gasteiger partial charge in [0.2, 0.25) is 0 Å². The van der Waals surface area contributed by atoms with Gasteiger partial charge in [0.1, 0.15) is 0 Å². The van der Waals surface area contributed by atoms with Crippen LogP contribution in [0.4, 0.5) is 0 Å². The fraction of sp³-hybridized carbons (Fsp3) is 0.500. The van der Waals surface area contributed by atoms with Crippen molar-refractivity contribution >= 4 is 10.8 Å². The molecule has 104 valence electrons. The quantitative estimate of drug-likeness (QED) is 0.819. The van der Waals surface area contributed by atoms with Crippen molar-refractivity contribution in [3.63, 3.8) is 0 Å². The largest absolute Gasteiger partial charge is 0.298 e. The first kappa shape index (κ1) is 12.3. The molecule has 2 heteroatoms. The summed E-state index contributed by atoms with van der Waals surface area (Å²) in [6.45, 7) is 5.73. The Morgan fingerprint density at radius 2 is 1.95 bits per heavy atom. The van der Waals surface area contributed by atoms with Crippen molar-refractivity contribution in [1.29, 1.82) is 0 Å². The van der Waals surface area contributed by atoms with Gasteiger partial charge in [-0.25, -0.2) is 0 Å². The molecule has 2 heterocycles. The average molecular weight is 266 g/mol. The van der Waals surface area contributed by atoms with E-state index >= 15 is 0 Å². The molecule has 1 spiro atoms. The number of fused-ring (bicyclic) bond motifs is 1. The van der Waals surface area contributed by atoms with Crippen LogP contribution >= 0.6 is 0 Å². The second kappa shape index (κ2) is 4.56. The normalized spacial score (nSPS) is 21.4. The van der Waals surface area contributed by atoms with Crippen LogP contribution in [0.1, 0.15) is 36.9 Å². The zero-order valence-corrected chi connectivity index (χ0v) is 12.2. The number of aryl methyl sites for hydroxylation is 1. The standard InChI is InChI=1S/C18H22N2/c1-14-16-5-2-3-6-17(16)15(11-19-14)12-20-10-9-18(13-20)7-4-8-18/h2-3,5-6,11H,4,7-10,12-13H2,1H3. The van der Waals surface area contributed by atoms with E-state index in [1.54, 1.807) is 0 Å². The molecule has 1 aromatic heterocycles. The molecule has 1 aliphatic carbocycles. The number of hydrogen-bond acceptors (Lipinski definition) is 2. The highest BCUT2D eigenvalue weighted by atomic mass is 15.2. The number of likely N-dealkylation sites (tertiary alicyclic amines) is 1. The predicted octanol–water partition coefficient (Wildman–Crippen LogP) is 3.92. The third-order valence-corrected chi connectivity index (χ3v) is 5.40. The molecule has 2 fully saturated rings. The number of benzene rings is 1. The summed E-state index contributed by atoms with van der Waals surface area (Å²) in [4.78, 5) is 7.23. The van der Waals surface area contributed by atoms with E-state index in [-0.39, 0.29) is 0 Å². The summed E-state index contributed by atoms with van der Waals surface area (Å²) in [5, 5.41) is 2.69. The van der Waals surface area contributed by atoms with Gasteiger partial charge < -0.3 is 0 Å². The predicted molar refractivity (Wildman–Crippen MR) is 82.7 cm³/mol. The highest BCUT2D eigenvalue weighted by molar-refractivity contribution is 5.87. The van der Waals surface area contributed by atoms with Crippen molar-refractivity contribution in [3.8, 4) is 0 Å². The molecule has 1 saturated heterocycles. The van der Waals surface area contributed by atoms with Crippen LogP contribution in [-0.2, 0) is 6.54 Å². The Hall–Kier alpha value is -1.41. The van der Waals surface area contributed by atoms with Gasteiger partial charge in [-0.2, -0.15) is 0 Å². The Kier molecular flexibility index (Phi) is 2.81. The molecule has 20 heavy (non-hydrogen) atoms. The summed E-state index contributed by atoms with van der Waals surface area (Å²) < 4.78 is 0. The summed E-state index contributed by atoms with van der Waals surface area (Å²) in [6.07, 6.45) is 7.85. The van der Waals surface area contributed by atoms with E-state index in [4.69, 9.17) is 0 Å². The maximum Gasteiger partial charge on any atom is 0.0451 e. The SMILES string of the molecule is Cc1ncc(CN2CCC3(CCC3)C2)c2ccccc12. The molecule has 0 bridgehead atoms. The summed E-state index contributed by atoms with van der Waals surface area (Å²) in [7, 11) is 0. The Morgan fingerprint density at radius 3 is 2.65 bits per heavy atom. The van der Waals surface area contributed by atoms with E-state index in [0.717, 1.165) is 12.2 Å². The molecule has 2 aliphatic rings. The zero-order chi connectivity index (χ0) is 13.6. The molecule has 1 saturated carbocycles. The van der Waals surface area contributed by atoms with Gasteiger partial charge in [-0.1, -0.05) is 30.7 Å². The highest BCUT2D eigenvalue weighted by Crippen LogP contribution is 2.48. The van der Waals surface area contributed by atoms with Crippen molar-refractivity contribution in [2.24, 2.45) is 5.41 Å². The summed E-state index contributed by atoms with van der Waals surface area (Å²) >= 11 is 0. The van der Waals surface area contributed by atoms with Crippen LogP contribution in [0, 0.1) is 12.3 Å². The number of hydrogen-bond donors (Lipinski definition) is 0. The maximum atomic E-state index is 4.59. The van der Waals surface area contributed by atoms with Gasteiger partial charge in [-0.15, -0.1) is 0 Å². The van der Waals surface area contributed by atoms with Crippen LogP contribution in [0.5, 0.6) is 0 Å². The first-order valence-corrected chi connectivity index (χ1v) is 7.81. The fourth-order valence-electron chi connectivity index (χ4n) is 4.01. The van der Waals surface area contributed by atoms with E-state index in [0.29, 0.717) is 5.41 Å². The second-order valence-electron chi connectivity index (χ2n) is 6.73. The van der Waals surface area contributed by atoms with Crippen molar-refractivity contribution < 1.29 is 0 Å². The maximum absolute atomic E-state index is 4.59. The van der Waals surface area contributed by atoms with E-state index in [1.165, 1.54) is 55.1 Å². The third kappa shape index (κ3) is 1.94. The molecule has 0 atom stereocenters. The Balaban J connectivity index is 1.61. The molecule has 1 aliphatic heterocycles. The van der Waals surface area contributed by atoms with E-state index < -0.39 is 0 Å². The molecular formula is C18H22N2. The van der Waals surface area contributed by atoms with Gasteiger partial charge in [0, 0.05) is 30.4 Å². The minimum Gasteiger partial charge on any atom is -0.298 e. The van der Waals surface area contributed by atoms with E-state index in [1.807, 2.05) is 0 Å². The van der Waals surface area contributed by atoms with Crippen LogP contribution in [0.25, 0.3) is 10.8 Å². The van der Waals surface area contributed by atoms with Crippen molar-refractivity contribution in [1.82, 2.24) is 9.88 Å². The molecule has 4 rings (SSSR count). The van der Waals surface area contributed by atoms with Crippen molar-refractivity contribution in [2.75, 3.05) is 13.1 Å². The Bertz CT molecular complexity index is 643. The number of nitrogens with zero attached hydrogens (tertiary/aromatic N) is 2. The van der Waals surface area contributed by atoms with Crippen molar-refractivity contribution in [2.45, 2.75) is 39.2 Å². The number of aromatic nitrogens is 1. The molecule has 0 N–H and O–H groups in total. The first-order chi connectivity index (χ1) is 9.76. The fourth-order valence-corrected chi connectivity index (χ4v) is 4.01. The smallest absolute Gasteiger partial charge is 0.0451 e. The molecule has 1 aromatic carbocycles. The average Bonchev–Trinajstić information content (AvgIpc) is 2.87. The van der Waals surface area contributed by atoms with E-state index in [2.05, 4.69) is 47.3 Å². The van der Waals surface area contributed by atoms with Gasteiger partial charge in [-0.05, 0) is 49.1 Å². The highest BCUT2D eigenvalue weighted by Gasteiger charge is 2.42. The lowest BCUT2D eigenvalue weighted by Gasteiger charge is -2.38. The minimum atomic E-state index is 0.688. The second-order valence-corrected chi connectivity index (χ2v) is 6.73. The van der Waals surface area contributed by atoms with Crippen LogP contribution in [0.15, 0.2) is 30.5 Å². The summed E-state index contributed by atoms with van der Waals surface area (Å²) in [6, 6.07) is 8.69. The summed E-state index contributed by atoms with van der Waals surface area (Å²) in [5.74, 6) is 0. The number of pyridine rings is 1. The summed E-state index contributed by atoms with van der Waals surface area (Å²) in [5.41, 5.74) is 3.22. The molecule has 0 radical (unpaired) electrons. The van der Waals surface area contributed by atoms with Gasteiger partial charge in [0.05, 0.1) is 0 Å². The minimum absolute atomic E-state index is 0.688. The third-order valence-electron chi connectivity index (χ3n) is 5.40. The molecule has 0 unspecified atom stereocenters. The van der Waals surface area contributed by atoms with Crippen LogP contribution in [0.2, 0.25) is 0 Å². The lowest BCUT2D eigenvalue weighted by Crippen LogP contribution is -2.32. The molecule has 2 aromatic rings. The number of rotatable bonds is 2.